The lowest BCUT2D eigenvalue weighted by molar-refractivity contribution is -0.121. The smallest absolute Gasteiger partial charge is 0.135 e. The van der Waals surface area contributed by atoms with Gasteiger partial charge < -0.3 is 5.11 Å². The average molecular weight is 156 g/mol. The second kappa shape index (κ2) is 5.08. The molecule has 0 aromatic rings. The lowest BCUT2D eigenvalue weighted by atomic mass is 10.0. The van der Waals surface area contributed by atoms with Gasteiger partial charge in [0.1, 0.15) is 5.78 Å². The molecule has 0 fully saturated rings. The number of ketones is 1. The Balaban J connectivity index is 3.89. The van der Waals surface area contributed by atoms with Crippen molar-refractivity contribution in [1.82, 2.24) is 0 Å². The summed E-state index contributed by atoms with van der Waals surface area (Å²) in [6, 6.07) is 0. The maximum Gasteiger partial charge on any atom is 0.135 e. The van der Waals surface area contributed by atoms with Crippen molar-refractivity contribution in [3.8, 4) is 0 Å². The molecule has 0 bridgehead atoms. The lowest BCUT2D eigenvalue weighted by Crippen LogP contribution is -2.14. The number of aliphatic hydroxyl groups is 1. The first-order valence-electron chi connectivity index (χ1n) is 3.82. The van der Waals surface area contributed by atoms with E-state index in [1.165, 1.54) is 12.5 Å². The average Bonchev–Trinajstić information content (AvgIpc) is 1.87. The van der Waals surface area contributed by atoms with Crippen LogP contribution in [-0.4, -0.2) is 17.5 Å². The number of rotatable bonds is 4. The van der Waals surface area contributed by atoms with Crippen LogP contribution in [0.15, 0.2) is 11.6 Å². The van der Waals surface area contributed by atoms with Crippen LogP contribution in [0.1, 0.15) is 27.2 Å². The summed E-state index contributed by atoms with van der Waals surface area (Å²) in [6.45, 7) is 5.43. The molecular weight excluding hydrogens is 140 g/mol. The highest BCUT2D eigenvalue weighted by Crippen LogP contribution is 2.06. The first-order chi connectivity index (χ1) is 5.07. The van der Waals surface area contributed by atoms with E-state index in [-0.39, 0.29) is 18.3 Å². The van der Waals surface area contributed by atoms with Crippen LogP contribution >= 0.6 is 0 Å². The molecule has 2 heteroatoms. The number of aliphatic hydroxyl groups excluding tert-OH is 1. The Kier molecular flexibility index (Phi) is 4.79. The fourth-order valence-electron chi connectivity index (χ4n) is 0.747. The predicted molar refractivity (Wildman–Crippen MR) is 45.3 cm³/mol. The first kappa shape index (κ1) is 10.4. The maximum atomic E-state index is 10.8. The Bertz CT molecular complexity index is 155. The molecule has 11 heavy (non-hydrogen) atoms. The molecule has 1 N–H and O–H groups in total. The normalized spacial score (nSPS) is 12.4. The van der Waals surface area contributed by atoms with Gasteiger partial charge in [0.2, 0.25) is 0 Å². The Labute approximate surface area is 67.9 Å². The lowest BCUT2D eigenvalue weighted by Gasteiger charge is -2.06. The summed E-state index contributed by atoms with van der Waals surface area (Å²) in [7, 11) is 0. The number of hydrogen-bond donors (Lipinski definition) is 1. The second-order valence-electron chi connectivity index (χ2n) is 3.01. The highest BCUT2D eigenvalue weighted by molar-refractivity contribution is 5.78. The molecular formula is C9H16O2. The maximum absolute atomic E-state index is 10.8. The van der Waals surface area contributed by atoms with Crippen molar-refractivity contribution in [3.63, 3.8) is 0 Å². The first-order valence-corrected chi connectivity index (χ1v) is 3.82. The molecule has 0 aromatic heterocycles. The summed E-state index contributed by atoms with van der Waals surface area (Å²) in [5.41, 5.74) is 1.18. The van der Waals surface area contributed by atoms with Gasteiger partial charge >= 0.3 is 0 Å². The highest BCUT2D eigenvalue weighted by atomic mass is 16.3. The zero-order valence-corrected chi connectivity index (χ0v) is 7.42. The Hall–Kier alpha value is -0.630. The van der Waals surface area contributed by atoms with Gasteiger partial charge in [-0.2, -0.15) is 0 Å². The molecule has 0 aliphatic carbocycles. The van der Waals surface area contributed by atoms with Gasteiger partial charge in [0.05, 0.1) is 6.61 Å². The molecule has 0 aliphatic heterocycles. The van der Waals surface area contributed by atoms with Gasteiger partial charge in [0, 0.05) is 5.92 Å². The molecule has 1 atom stereocenters. The van der Waals surface area contributed by atoms with E-state index in [0.29, 0.717) is 6.42 Å². The molecule has 0 aliphatic rings. The monoisotopic (exact) mass is 156 g/mol. The van der Waals surface area contributed by atoms with Gasteiger partial charge in [0.15, 0.2) is 0 Å². The molecule has 0 spiro atoms. The number of Topliss-reactive ketones (excluding diaryl/α,β-unsaturated/α-hetero) is 1. The van der Waals surface area contributed by atoms with Gasteiger partial charge in [-0.1, -0.05) is 11.6 Å². The van der Waals surface area contributed by atoms with Crippen molar-refractivity contribution < 1.29 is 9.90 Å². The predicted octanol–water partition coefficient (Wildman–Crippen LogP) is 1.54. The van der Waals surface area contributed by atoms with E-state index < -0.39 is 0 Å². The third-order valence-electron chi connectivity index (χ3n) is 1.61. The number of hydrogen-bond acceptors (Lipinski definition) is 2. The van der Waals surface area contributed by atoms with Gasteiger partial charge in [0.25, 0.3) is 0 Å². The minimum absolute atomic E-state index is 0.0425. The summed E-state index contributed by atoms with van der Waals surface area (Å²) in [5, 5.41) is 8.76. The van der Waals surface area contributed by atoms with Gasteiger partial charge in [-0.15, -0.1) is 0 Å². The summed E-state index contributed by atoms with van der Waals surface area (Å²) in [5.74, 6) is -0.144. The molecule has 0 heterocycles. The fraction of sp³-hybridized carbons (Fsp3) is 0.667. The Morgan fingerprint density at radius 2 is 2.00 bits per heavy atom. The fourth-order valence-corrected chi connectivity index (χ4v) is 0.747. The van der Waals surface area contributed by atoms with Gasteiger partial charge in [-0.05, 0) is 27.2 Å². The summed E-state index contributed by atoms with van der Waals surface area (Å²) in [4.78, 5) is 10.8. The van der Waals surface area contributed by atoms with Crippen molar-refractivity contribution in [3.05, 3.63) is 11.6 Å². The van der Waals surface area contributed by atoms with E-state index in [9.17, 15) is 4.79 Å². The van der Waals surface area contributed by atoms with E-state index in [1.54, 1.807) is 0 Å². The molecule has 0 amide bonds. The molecule has 0 radical (unpaired) electrons. The molecule has 0 saturated carbocycles. The summed E-state index contributed by atoms with van der Waals surface area (Å²) >= 11 is 0. The van der Waals surface area contributed by atoms with E-state index in [4.69, 9.17) is 5.11 Å². The van der Waals surface area contributed by atoms with Crippen LogP contribution in [0, 0.1) is 5.92 Å². The zero-order valence-electron chi connectivity index (χ0n) is 7.42. The molecule has 0 aromatic carbocycles. The van der Waals surface area contributed by atoms with Crippen LogP contribution < -0.4 is 0 Å². The SMILES string of the molecule is CC(=O)C(CO)CC=C(C)C. The number of carbonyl (C=O) groups excluding carboxylic acids is 1. The number of allylic oxidation sites excluding steroid dienone is 2. The van der Waals surface area contributed by atoms with Crippen LogP contribution in [0.2, 0.25) is 0 Å². The quantitative estimate of drug-likeness (QED) is 0.627. The highest BCUT2D eigenvalue weighted by Gasteiger charge is 2.09. The zero-order chi connectivity index (χ0) is 8.85. The van der Waals surface area contributed by atoms with Crippen molar-refractivity contribution in [1.29, 1.82) is 0 Å². The molecule has 2 nitrogen and oxygen atoms in total. The topological polar surface area (TPSA) is 37.3 Å². The van der Waals surface area contributed by atoms with Crippen LogP contribution in [0.25, 0.3) is 0 Å². The van der Waals surface area contributed by atoms with Gasteiger partial charge in [-0.25, -0.2) is 0 Å². The van der Waals surface area contributed by atoms with E-state index >= 15 is 0 Å². The second-order valence-corrected chi connectivity index (χ2v) is 3.01. The van der Waals surface area contributed by atoms with Crippen LogP contribution in [0.3, 0.4) is 0 Å². The Morgan fingerprint density at radius 3 is 2.27 bits per heavy atom. The van der Waals surface area contributed by atoms with Crippen LogP contribution in [-0.2, 0) is 4.79 Å². The third kappa shape index (κ3) is 4.73. The van der Waals surface area contributed by atoms with Gasteiger partial charge in [-0.3, -0.25) is 4.79 Å². The van der Waals surface area contributed by atoms with Crippen molar-refractivity contribution in [2.45, 2.75) is 27.2 Å². The van der Waals surface area contributed by atoms with E-state index in [0.717, 1.165) is 0 Å². The largest absolute Gasteiger partial charge is 0.396 e. The molecule has 64 valence electrons. The number of carbonyl (C=O) groups is 1. The molecule has 0 saturated heterocycles. The van der Waals surface area contributed by atoms with Crippen LogP contribution in [0.5, 0.6) is 0 Å². The third-order valence-corrected chi connectivity index (χ3v) is 1.61. The minimum Gasteiger partial charge on any atom is -0.396 e. The van der Waals surface area contributed by atoms with Crippen molar-refractivity contribution >= 4 is 5.78 Å². The van der Waals surface area contributed by atoms with Crippen molar-refractivity contribution in [2.75, 3.05) is 6.61 Å². The minimum atomic E-state index is -0.204. The standard InChI is InChI=1S/C9H16O2/c1-7(2)4-5-9(6-10)8(3)11/h4,9-10H,5-6H2,1-3H3. The van der Waals surface area contributed by atoms with E-state index in [2.05, 4.69) is 0 Å². The summed E-state index contributed by atoms with van der Waals surface area (Å²) in [6.07, 6.45) is 2.64. The van der Waals surface area contributed by atoms with Crippen molar-refractivity contribution in [2.24, 2.45) is 5.92 Å². The molecule has 1 unspecified atom stereocenters. The Morgan fingerprint density at radius 1 is 1.45 bits per heavy atom. The van der Waals surface area contributed by atoms with Crippen LogP contribution in [0.4, 0.5) is 0 Å². The summed E-state index contributed by atoms with van der Waals surface area (Å²) < 4.78 is 0. The molecule has 0 rings (SSSR count). The van der Waals surface area contributed by atoms with E-state index in [1.807, 2.05) is 19.9 Å².